The Morgan fingerprint density at radius 1 is 0.652 bits per heavy atom. The van der Waals surface area contributed by atoms with E-state index in [1.165, 1.54) is 0 Å². The maximum Gasteiger partial charge on any atom is 0.262 e. The van der Waals surface area contributed by atoms with Crippen molar-refractivity contribution >= 4 is 27.7 Å². The molecule has 1 heterocycles. The van der Waals surface area contributed by atoms with E-state index in [0.717, 1.165) is 0 Å². The number of aromatic nitrogens is 1. The minimum atomic E-state index is -0.141. The van der Waals surface area contributed by atoms with Gasteiger partial charge in [0.05, 0.1) is 11.0 Å². The van der Waals surface area contributed by atoms with Crippen molar-refractivity contribution in [2.24, 2.45) is 0 Å². The molecule has 0 fully saturated rings. The van der Waals surface area contributed by atoms with Gasteiger partial charge in [-0.2, -0.15) is 0 Å². The van der Waals surface area contributed by atoms with Gasteiger partial charge in [0.15, 0.2) is 5.43 Å². The van der Waals surface area contributed by atoms with Crippen LogP contribution in [0.3, 0.4) is 0 Å². The quantitative estimate of drug-likeness (QED) is 0.501. The number of carbonyl (C=O) groups is 1. The summed E-state index contributed by atoms with van der Waals surface area (Å²) >= 11 is 0. The molecule has 0 amide bonds. The maximum atomic E-state index is 13.0. The van der Waals surface area contributed by atoms with Gasteiger partial charge >= 0.3 is 0 Å². The Morgan fingerprint density at radius 3 is 1.70 bits per heavy atom. The topological polar surface area (TPSA) is 39.1 Å². The summed E-state index contributed by atoms with van der Waals surface area (Å²) in [6.07, 6.45) is 0. The fourth-order valence-electron chi connectivity index (χ4n) is 2.92. The molecule has 0 aliphatic heterocycles. The molecule has 4 rings (SSSR count). The van der Waals surface area contributed by atoms with Crippen LogP contribution in [0.25, 0.3) is 21.8 Å². The van der Waals surface area contributed by atoms with Crippen molar-refractivity contribution < 1.29 is 4.79 Å². The highest BCUT2D eigenvalue weighted by atomic mass is 16.2. The normalized spacial score (nSPS) is 11.0. The van der Waals surface area contributed by atoms with Crippen molar-refractivity contribution in [2.75, 3.05) is 0 Å². The number of rotatable bonds is 1. The van der Waals surface area contributed by atoms with Crippen LogP contribution in [0.5, 0.6) is 0 Å². The Morgan fingerprint density at radius 2 is 1.13 bits per heavy atom. The van der Waals surface area contributed by atoms with Crippen LogP contribution in [-0.4, -0.2) is 10.5 Å². The van der Waals surface area contributed by atoms with E-state index in [1.54, 1.807) is 28.8 Å². The first-order valence-corrected chi connectivity index (χ1v) is 7.39. The molecule has 0 saturated carbocycles. The van der Waals surface area contributed by atoms with Gasteiger partial charge in [-0.15, -0.1) is 0 Å². The van der Waals surface area contributed by atoms with E-state index in [4.69, 9.17) is 0 Å². The molecule has 0 aliphatic carbocycles. The van der Waals surface area contributed by atoms with Gasteiger partial charge in [-0.3, -0.25) is 14.2 Å². The number of fused-ring (bicyclic) bond motifs is 2. The highest BCUT2D eigenvalue weighted by molar-refractivity contribution is 6.08. The van der Waals surface area contributed by atoms with Gasteiger partial charge in [0.2, 0.25) is 0 Å². The molecule has 0 saturated heterocycles. The summed E-state index contributed by atoms with van der Waals surface area (Å²) in [6.45, 7) is 0. The van der Waals surface area contributed by atoms with E-state index in [1.807, 2.05) is 54.6 Å². The van der Waals surface area contributed by atoms with Gasteiger partial charge in [-0.25, -0.2) is 0 Å². The fourth-order valence-corrected chi connectivity index (χ4v) is 2.92. The zero-order valence-electron chi connectivity index (χ0n) is 12.3. The highest BCUT2D eigenvalue weighted by Crippen LogP contribution is 2.20. The molecule has 3 nitrogen and oxygen atoms in total. The van der Waals surface area contributed by atoms with Crippen molar-refractivity contribution in [2.45, 2.75) is 0 Å². The average Bonchev–Trinajstić information content (AvgIpc) is 2.63. The first-order valence-electron chi connectivity index (χ1n) is 7.39. The molecule has 0 radical (unpaired) electrons. The van der Waals surface area contributed by atoms with E-state index in [9.17, 15) is 9.59 Å². The Kier molecular flexibility index (Phi) is 3.05. The highest BCUT2D eigenvalue weighted by Gasteiger charge is 2.16. The molecular weight excluding hydrogens is 286 g/mol. The molecule has 110 valence electrons. The molecular formula is C20H13NO2. The molecule has 0 aliphatic rings. The SMILES string of the molecule is O=C(c1ccccc1)n1c2ccccc2c(=O)c2ccccc21. The van der Waals surface area contributed by atoms with Gasteiger partial charge in [-0.1, -0.05) is 42.5 Å². The molecule has 4 aromatic rings. The summed E-state index contributed by atoms with van der Waals surface area (Å²) in [6, 6.07) is 23.6. The van der Waals surface area contributed by atoms with E-state index in [-0.39, 0.29) is 11.3 Å². The summed E-state index contributed by atoms with van der Waals surface area (Å²) < 4.78 is 1.63. The van der Waals surface area contributed by atoms with Crippen LogP contribution in [0.15, 0.2) is 83.7 Å². The number of hydrogen-bond acceptors (Lipinski definition) is 2. The first kappa shape index (κ1) is 13.5. The first-order chi connectivity index (χ1) is 11.3. The second-order valence-corrected chi connectivity index (χ2v) is 5.37. The second-order valence-electron chi connectivity index (χ2n) is 5.37. The molecule has 1 aromatic heterocycles. The van der Waals surface area contributed by atoms with Crippen LogP contribution in [0, 0.1) is 0 Å². The molecule has 0 N–H and O–H groups in total. The number of carbonyl (C=O) groups excluding carboxylic acids is 1. The summed E-state index contributed by atoms with van der Waals surface area (Å²) in [7, 11) is 0. The summed E-state index contributed by atoms with van der Waals surface area (Å²) in [4.78, 5) is 25.7. The number of hydrogen-bond donors (Lipinski definition) is 0. The predicted molar refractivity (Wildman–Crippen MR) is 91.9 cm³/mol. The molecule has 23 heavy (non-hydrogen) atoms. The van der Waals surface area contributed by atoms with E-state index < -0.39 is 0 Å². The van der Waals surface area contributed by atoms with E-state index in [0.29, 0.717) is 27.4 Å². The number of para-hydroxylation sites is 2. The summed E-state index contributed by atoms with van der Waals surface area (Å²) in [5, 5.41) is 1.10. The van der Waals surface area contributed by atoms with Crippen molar-refractivity contribution in [1.82, 2.24) is 4.57 Å². The largest absolute Gasteiger partial charge is 0.288 e. The smallest absolute Gasteiger partial charge is 0.262 e. The molecule has 3 heteroatoms. The van der Waals surface area contributed by atoms with Gasteiger partial charge in [0, 0.05) is 16.3 Å². The predicted octanol–water partition coefficient (Wildman–Crippen LogP) is 3.84. The lowest BCUT2D eigenvalue weighted by Gasteiger charge is -2.13. The molecule has 0 atom stereocenters. The summed E-state index contributed by atoms with van der Waals surface area (Å²) in [5.74, 6) is -0.141. The third-order valence-electron chi connectivity index (χ3n) is 4.00. The van der Waals surface area contributed by atoms with E-state index >= 15 is 0 Å². The lowest BCUT2D eigenvalue weighted by atomic mass is 10.1. The number of pyridine rings is 1. The molecule has 0 unspecified atom stereocenters. The van der Waals surface area contributed by atoms with Crippen LogP contribution in [0.1, 0.15) is 10.4 Å². The zero-order chi connectivity index (χ0) is 15.8. The molecule has 0 bridgehead atoms. The monoisotopic (exact) mass is 299 g/mol. The second kappa shape index (κ2) is 5.21. The lowest BCUT2D eigenvalue weighted by Crippen LogP contribution is -2.18. The fraction of sp³-hybridized carbons (Fsp3) is 0. The molecule has 0 spiro atoms. The van der Waals surface area contributed by atoms with Crippen molar-refractivity contribution in [1.29, 1.82) is 0 Å². The summed E-state index contributed by atoms with van der Waals surface area (Å²) in [5.41, 5.74) is 1.80. The van der Waals surface area contributed by atoms with Crippen molar-refractivity contribution in [3.05, 3.63) is 94.6 Å². The van der Waals surface area contributed by atoms with Gasteiger partial charge in [0.25, 0.3) is 5.91 Å². The van der Waals surface area contributed by atoms with Gasteiger partial charge in [-0.05, 0) is 36.4 Å². The maximum absolute atomic E-state index is 13.0. The van der Waals surface area contributed by atoms with Crippen LogP contribution >= 0.6 is 0 Å². The Hall–Kier alpha value is -3.20. The van der Waals surface area contributed by atoms with E-state index in [2.05, 4.69) is 0 Å². The number of nitrogens with zero attached hydrogens (tertiary/aromatic N) is 1. The Balaban J connectivity index is 2.18. The average molecular weight is 299 g/mol. The zero-order valence-corrected chi connectivity index (χ0v) is 12.3. The molecule has 3 aromatic carbocycles. The van der Waals surface area contributed by atoms with Gasteiger partial charge < -0.3 is 0 Å². The van der Waals surface area contributed by atoms with Crippen LogP contribution in [0.2, 0.25) is 0 Å². The van der Waals surface area contributed by atoms with Crippen molar-refractivity contribution in [3.63, 3.8) is 0 Å². The lowest BCUT2D eigenvalue weighted by molar-refractivity contribution is 0.0969. The Labute approximate surface area is 132 Å². The third kappa shape index (κ3) is 2.06. The van der Waals surface area contributed by atoms with Gasteiger partial charge in [0.1, 0.15) is 0 Å². The third-order valence-corrected chi connectivity index (χ3v) is 4.00. The minimum Gasteiger partial charge on any atom is -0.288 e. The minimum absolute atomic E-state index is 0.0479. The van der Waals surface area contributed by atoms with Crippen molar-refractivity contribution in [3.8, 4) is 0 Å². The van der Waals surface area contributed by atoms with Crippen LogP contribution in [-0.2, 0) is 0 Å². The number of benzene rings is 3. The van der Waals surface area contributed by atoms with Crippen LogP contribution < -0.4 is 5.43 Å². The standard InChI is InChI=1S/C20H13NO2/c22-19-15-10-4-6-12-17(15)21(18-13-7-5-11-16(18)19)20(23)14-8-2-1-3-9-14/h1-13H. The van der Waals surface area contributed by atoms with Crippen LogP contribution in [0.4, 0.5) is 0 Å². The Bertz CT molecular complexity index is 1030.